The van der Waals surface area contributed by atoms with Crippen molar-refractivity contribution in [3.05, 3.63) is 59.7 Å². The van der Waals surface area contributed by atoms with E-state index >= 15 is 0 Å². The Morgan fingerprint density at radius 3 is 2.52 bits per heavy atom. The molecule has 0 saturated carbocycles. The van der Waals surface area contributed by atoms with E-state index in [-0.39, 0.29) is 29.1 Å². The van der Waals surface area contributed by atoms with Crippen molar-refractivity contribution in [2.45, 2.75) is 17.5 Å². The third-order valence-electron chi connectivity index (χ3n) is 5.39. The van der Waals surface area contributed by atoms with Crippen LogP contribution in [0.25, 0.3) is 0 Å². The van der Waals surface area contributed by atoms with Crippen LogP contribution in [0.3, 0.4) is 0 Å². The molecule has 2 aromatic rings. The van der Waals surface area contributed by atoms with Crippen LogP contribution in [-0.4, -0.2) is 50.2 Å². The van der Waals surface area contributed by atoms with Crippen molar-refractivity contribution in [3.8, 4) is 0 Å². The fourth-order valence-corrected chi connectivity index (χ4v) is 5.32. The zero-order chi connectivity index (χ0) is 24.0. The van der Waals surface area contributed by atoms with Crippen molar-refractivity contribution < 1.29 is 40.7 Å². The minimum Gasteiger partial charge on any atom is -0.463 e. The number of benzene rings is 2. The van der Waals surface area contributed by atoms with Crippen molar-refractivity contribution in [2.24, 2.45) is 5.92 Å². The summed E-state index contributed by atoms with van der Waals surface area (Å²) >= 11 is 0. The molecule has 0 bridgehead atoms. The number of fused-ring (bicyclic) bond motifs is 1. The summed E-state index contributed by atoms with van der Waals surface area (Å²) in [7, 11) is -4.04. The average molecular weight is 482 g/mol. The van der Waals surface area contributed by atoms with E-state index < -0.39 is 58.6 Å². The number of nitrogens with zero attached hydrogens (tertiary/aromatic N) is 2. The van der Waals surface area contributed by atoms with Gasteiger partial charge in [0.05, 0.1) is 23.6 Å². The van der Waals surface area contributed by atoms with Crippen LogP contribution in [0.1, 0.15) is 22.3 Å². The minimum absolute atomic E-state index is 0.0108. The number of alkyl halides is 3. The van der Waals surface area contributed by atoms with E-state index in [0.717, 1.165) is 17.0 Å². The molecule has 4 rings (SSSR count). The van der Waals surface area contributed by atoms with E-state index in [4.69, 9.17) is 4.74 Å². The Morgan fingerprint density at radius 2 is 1.82 bits per heavy atom. The molecule has 0 spiro atoms. The van der Waals surface area contributed by atoms with E-state index in [9.17, 15) is 36.0 Å². The molecular formula is C21H17F3N2O6S. The predicted molar refractivity (Wildman–Crippen MR) is 108 cm³/mol. The maximum atomic E-state index is 12.9. The molecule has 2 aliphatic heterocycles. The molecule has 2 aromatic carbocycles. The van der Waals surface area contributed by atoms with Gasteiger partial charge in [0.1, 0.15) is 11.5 Å². The molecule has 2 aliphatic rings. The van der Waals surface area contributed by atoms with Gasteiger partial charge >= 0.3 is 12.1 Å². The number of anilines is 1. The third-order valence-corrected chi connectivity index (χ3v) is 7.23. The number of halogens is 3. The van der Waals surface area contributed by atoms with Crippen molar-refractivity contribution in [1.29, 1.82) is 0 Å². The van der Waals surface area contributed by atoms with Crippen LogP contribution in [0.4, 0.5) is 18.9 Å². The van der Waals surface area contributed by atoms with Crippen LogP contribution in [0.2, 0.25) is 0 Å². The highest BCUT2D eigenvalue weighted by Gasteiger charge is 2.41. The minimum atomic E-state index is -4.58. The van der Waals surface area contributed by atoms with Gasteiger partial charge in [-0.05, 0) is 30.3 Å². The standard InChI is InChI=1S/C21H17F3N2O6S/c22-21(23,24)14-4-3-5-15(11-14)25-12-13(10-18(25)27)20(29)32-9-8-26-19(28)16-6-1-2-7-17(16)33(26,30)31/h1-7,11,13H,8-10,12H2. The van der Waals surface area contributed by atoms with Gasteiger partial charge in [-0.1, -0.05) is 18.2 Å². The average Bonchev–Trinajstić information content (AvgIpc) is 3.25. The fraction of sp³-hybridized carbons (Fsp3) is 0.286. The number of amides is 2. The largest absolute Gasteiger partial charge is 0.463 e. The second kappa shape index (κ2) is 8.18. The first-order chi connectivity index (χ1) is 15.5. The number of hydrogen-bond acceptors (Lipinski definition) is 6. The normalized spacial score (nSPS) is 19.7. The summed E-state index contributed by atoms with van der Waals surface area (Å²) in [6, 6.07) is 9.91. The number of sulfonamides is 1. The Balaban J connectivity index is 1.37. The van der Waals surface area contributed by atoms with E-state index in [2.05, 4.69) is 0 Å². The molecule has 0 aliphatic carbocycles. The molecule has 0 radical (unpaired) electrons. The molecule has 1 unspecified atom stereocenters. The number of carbonyl (C=O) groups is 3. The summed E-state index contributed by atoms with van der Waals surface area (Å²) in [5.74, 6) is -3.01. The molecule has 8 nitrogen and oxygen atoms in total. The molecule has 0 N–H and O–H groups in total. The Labute approximate surface area is 186 Å². The van der Waals surface area contributed by atoms with Crippen LogP contribution in [0.5, 0.6) is 0 Å². The van der Waals surface area contributed by atoms with Crippen LogP contribution in [-0.2, 0) is 30.5 Å². The van der Waals surface area contributed by atoms with Gasteiger partial charge < -0.3 is 9.64 Å². The molecular weight excluding hydrogens is 465 g/mol. The first kappa shape index (κ1) is 22.8. The third kappa shape index (κ3) is 4.17. The van der Waals surface area contributed by atoms with Crippen LogP contribution in [0, 0.1) is 5.92 Å². The number of hydrogen-bond donors (Lipinski definition) is 0. The second-order valence-corrected chi connectivity index (χ2v) is 9.33. The lowest BCUT2D eigenvalue weighted by Gasteiger charge is -2.18. The summed E-state index contributed by atoms with van der Waals surface area (Å²) in [5, 5.41) is 0. The Kier molecular flexibility index (Phi) is 5.64. The predicted octanol–water partition coefficient (Wildman–Crippen LogP) is 2.45. The molecule has 2 amide bonds. The summed E-state index contributed by atoms with van der Waals surface area (Å²) in [5.41, 5.74) is -0.880. The molecule has 1 saturated heterocycles. The Morgan fingerprint density at radius 1 is 1.09 bits per heavy atom. The lowest BCUT2D eigenvalue weighted by Crippen LogP contribution is -2.34. The zero-order valence-electron chi connectivity index (χ0n) is 16.9. The quantitative estimate of drug-likeness (QED) is 0.607. The van der Waals surface area contributed by atoms with Crippen molar-refractivity contribution in [2.75, 3.05) is 24.6 Å². The van der Waals surface area contributed by atoms with Crippen molar-refractivity contribution in [3.63, 3.8) is 0 Å². The lowest BCUT2D eigenvalue weighted by molar-refractivity contribution is -0.148. The van der Waals surface area contributed by atoms with Gasteiger partial charge in [-0.2, -0.15) is 13.2 Å². The maximum Gasteiger partial charge on any atom is 0.416 e. The van der Waals surface area contributed by atoms with Gasteiger partial charge in [-0.3, -0.25) is 14.4 Å². The Bertz CT molecular complexity index is 1240. The fourth-order valence-electron chi connectivity index (χ4n) is 3.76. The van der Waals surface area contributed by atoms with Gasteiger partial charge in [0.15, 0.2) is 0 Å². The number of carbonyl (C=O) groups excluding carboxylic acids is 3. The van der Waals surface area contributed by atoms with Crippen molar-refractivity contribution in [1.82, 2.24) is 4.31 Å². The molecule has 0 aromatic heterocycles. The smallest absolute Gasteiger partial charge is 0.416 e. The lowest BCUT2D eigenvalue weighted by atomic mass is 10.1. The molecule has 1 atom stereocenters. The summed E-state index contributed by atoms with van der Waals surface area (Å²) in [6.45, 7) is -1.00. The summed E-state index contributed by atoms with van der Waals surface area (Å²) in [4.78, 5) is 38.0. The SMILES string of the molecule is O=C(OCCN1C(=O)c2ccccc2S1(=O)=O)C1CC(=O)N(c2cccc(C(F)(F)F)c2)C1. The van der Waals surface area contributed by atoms with Gasteiger partial charge in [0, 0.05) is 18.7 Å². The number of rotatable bonds is 5. The first-order valence-corrected chi connectivity index (χ1v) is 11.2. The first-order valence-electron chi connectivity index (χ1n) is 9.80. The molecule has 1 fully saturated rings. The second-order valence-electron chi connectivity index (χ2n) is 7.50. The molecule has 12 heteroatoms. The molecule has 2 heterocycles. The van der Waals surface area contributed by atoms with E-state index in [0.29, 0.717) is 4.31 Å². The zero-order valence-corrected chi connectivity index (χ0v) is 17.7. The number of esters is 1. The van der Waals surface area contributed by atoms with Crippen LogP contribution in [0.15, 0.2) is 53.4 Å². The highest BCUT2D eigenvalue weighted by atomic mass is 32.2. The van der Waals surface area contributed by atoms with Gasteiger partial charge in [0.2, 0.25) is 5.91 Å². The summed E-state index contributed by atoms with van der Waals surface area (Å²) in [6.07, 6.45) is -4.84. The van der Waals surface area contributed by atoms with E-state index in [1.807, 2.05) is 0 Å². The topological polar surface area (TPSA) is 101 Å². The molecule has 174 valence electrons. The van der Waals surface area contributed by atoms with Gasteiger partial charge in [-0.25, -0.2) is 12.7 Å². The van der Waals surface area contributed by atoms with Gasteiger partial charge in [-0.15, -0.1) is 0 Å². The van der Waals surface area contributed by atoms with Crippen LogP contribution < -0.4 is 4.90 Å². The number of ether oxygens (including phenoxy) is 1. The van der Waals surface area contributed by atoms with Gasteiger partial charge in [0.25, 0.3) is 15.9 Å². The monoisotopic (exact) mass is 482 g/mol. The highest BCUT2D eigenvalue weighted by Crippen LogP contribution is 2.34. The van der Waals surface area contributed by atoms with Crippen molar-refractivity contribution >= 4 is 33.5 Å². The highest BCUT2D eigenvalue weighted by molar-refractivity contribution is 7.90. The van der Waals surface area contributed by atoms with Crippen LogP contribution >= 0.6 is 0 Å². The van der Waals surface area contributed by atoms with E-state index in [1.165, 1.54) is 36.4 Å². The Hall–Kier alpha value is -3.41. The maximum absolute atomic E-state index is 12.9. The molecule has 33 heavy (non-hydrogen) atoms. The summed E-state index contributed by atoms with van der Waals surface area (Å²) < 4.78 is 69.5. The van der Waals surface area contributed by atoms with E-state index in [1.54, 1.807) is 0 Å².